The largest absolute Gasteiger partial charge is 0.388 e. The van der Waals surface area contributed by atoms with E-state index in [2.05, 4.69) is 18.8 Å². The first-order valence-electron chi connectivity index (χ1n) is 5.60. The lowest BCUT2D eigenvalue weighted by molar-refractivity contribution is 0.576. The van der Waals surface area contributed by atoms with E-state index < -0.39 is 0 Å². The van der Waals surface area contributed by atoms with Crippen LogP contribution in [-0.4, -0.2) is 19.1 Å². The molecule has 0 saturated carbocycles. The normalized spacial score (nSPS) is 12.5. The van der Waals surface area contributed by atoms with E-state index in [4.69, 9.17) is 11.5 Å². The Morgan fingerprint density at radius 2 is 2.07 bits per heavy atom. The number of unbranched alkanes of at least 4 members (excludes halogenated alkanes) is 2. The highest BCUT2D eigenvalue weighted by Gasteiger charge is 2.05. The summed E-state index contributed by atoms with van der Waals surface area (Å²) in [6.07, 6.45) is 5.49. The number of hydrogen-bond donors (Lipinski definition) is 3. The van der Waals surface area contributed by atoms with Gasteiger partial charge in [0.25, 0.3) is 0 Å². The van der Waals surface area contributed by atoms with Gasteiger partial charge in [0.05, 0.1) is 0 Å². The lowest BCUT2D eigenvalue weighted by Crippen LogP contribution is -2.31. The van der Waals surface area contributed by atoms with Crippen molar-refractivity contribution in [1.82, 2.24) is 5.32 Å². The Morgan fingerprint density at radius 3 is 2.64 bits per heavy atom. The summed E-state index contributed by atoms with van der Waals surface area (Å²) in [4.78, 5) is 0. The SMILES string of the molecule is C=C(NCCCC)[C@@H](N)CCCCN. The summed E-state index contributed by atoms with van der Waals surface area (Å²) in [5.74, 6) is 0. The molecule has 0 aromatic carbocycles. The third kappa shape index (κ3) is 6.92. The van der Waals surface area contributed by atoms with Crippen molar-refractivity contribution in [1.29, 1.82) is 0 Å². The zero-order chi connectivity index (χ0) is 10.8. The second-order valence-corrected chi connectivity index (χ2v) is 3.70. The van der Waals surface area contributed by atoms with Crippen molar-refractivity contribution in [3.63, 3.8) is 0 Å². The molecule has 0 fully saturated rings. The maximum atomic E-state index is 5.94. The molecule has 0 aromatic heterocycles. The van der Waals surface area contributed by atoms with E-state index >= 15 is 0 Å². The van der Waals surface area contributed by atoms with Gasteiger partial charge in [0.2, 0.25) is 0 Å². The Bertz CT molecular complexity index is 145. The van der Waals surface area contributed by atoms with Gasteiger partial charge in [-0.1, -0.05) is 26.3 Å². The molecule has 0 amide bonds. The number of hydrogen-bond acceptors (Lipinski definition) is 3. The average Bonchev–Trinajstić information content (AvgIpc) is 2.18. The maximum Gasteiger partial charge on any atom is 0.0438 e. The van der Waals surface area contributed by atoms with Gasteiger partial charge in [-0.05, 0) is 25.8 Å². The predicted molar refractivity (Wildman–Crippen MR) is 62.9 cm³/mol. The summed E-state index contributed by atoms with van der Waals surface area (Å²) in [5.41, 5.74) is 12.3. The van der Waals surface area contributed by atoms with Crippen LogP contribution in [0, 0.1) is 0 Å². The monoisotopic (exact) mass is 199 g/mol. The molecule has 5 N–H and O–H groups in total. The third-order valence-electron chi connectivity index (χ3n) is 2.30. The first-order chi connectivity index (χ1) is 6.72. The topological polar surface area (TPSA) is 64.1 Å². The Hall–Kier alpha value is -0.540. The number of nitrogens with one attached hydrogen (secondary N) is 1. The van der Waals surface area contributed by atoms with Crippen LogP contribution < -0.4 is 16.8 Å². The molecule has 0 heterocycles. The summed E-state index contributed by atoms with van der Waals surface area (Å²) in [5, 5.41) is 3.26. The van der Waals surface area contributed by atoms with Crippen LogP contribution in [-0.2, 0) is 0 Å². The van der Waals surface area contributed by atoms with Crippen molar-refractivity contribution in [2.75, 3.05) is 13.1 Å². The molecule has 1 atom stereocenters. The van der Waals surface area contributed by atoms with E-state index in [9.17, 15) is 0 Å². The molecular weight excluding hydrogens is 174 g/mol. The fourth-order valence-corrected chi connectivity index (χ4v) is 1.24. The molecule has 0 aliphatic heterocycles. The molecule has 0 bridgehead atoms. The molecule has 84 valence electrons. The van der Waals surface area contributed by atoms with Crippen LogP contribution >= 0.6 is 0 Å². The molecule has 0 aliphatic rings. The average molecular weight is 199 g/mol. The minimum atomic E-state index is 0.0819. The van der Waals surface area contributed by atoms with E-state index in [1.807, 2.05) is 0 Å². The Morgan fingerprint density at radius 1 is 1.36 bits per heavy atom. The van der Waals surface area contributed by atoms with Crippen molar-refractivity contribution >= 4 is 0 Å². The molecule has 0 spiro atoms. The fourth-order valence-electron chi connectivity index (χ4n) is 1.24. The molecule has 3 heteroatoms. The summed E-state index contributed by atoms with van der Waals surface area (Å²) >= 11 is 0. The first kappa shape index (κ1) is 13.5. The van der Waals surface area contributed by atoms with Gasteiger partial charge in [0.15, 0.2) is 0 Å². The van der Waals surface area contributed by atoms with Gasteiger partial charge in [-0.2, -0.15) is 0 Å². The van der Waals surface area contributed by atoms with Crippen LogP contribution in [0.5, 0.6) is 0 Å². The number of rotatable bonds is 9. The summed E-state index contributed by atoms with van der Waals surface area (Å²) in [6.45, 7) is 7.85. The molecule has 0 unspecified atom stereocenters. The maximum absolute atomic E-state index is 5.94. The summed E-state index contributed by atoms with van der Waals surface area (Å²) < 4.78 is 0. The van der Waals surface area contributed by atoms with Gasteiger partial charge < -0.3 is 16.8 Å². The number of nitrogens with two attached hydrogens (primary N) is 2. The molecule has 0 saturated heterocycles. The van der Waals surface area contributed by atoms with Crippen molar-refractivity contribution in [2.45, 2.75) is 45.1 Å². The first-order valence-corrected chi connectivity index (χ1v) is 5.60. The molecule has 0 rings (SSSR count). The lowest BCUT2D eigenvalue weighted by Gasteiger charge is -2.16. The zero-order valence-corrected chi connectivity index (χ0v) is 9.39. The van der Waals surface area contributed by atoms with Crippen LogP contribution in [0.3, 0.4) is 0 Å². The van der Waals surface area contributed by atoms with Crippen LogP contribution in [0.15, 0.2) is 12.3 Å². The molecule has 14 heavy (non-hydrogen) atoms. The van der Waals surface area contributed by atoms with Crippen molar-refractivity contribution in [3.8, 4) is 0 Å². The van der Waals surface area contributed by atoms with Gasteiger partial charge in [0.1, 0.15) is 0 Å². The molecular formula is C11H25N3. The predicted octanol–water partition coefficient (Wildman–Crippen LogP) is 1.35. The third-order valence-corrected chi connectivity index (χ3v) is 2.30. The van der Waals surface area contributed by atoms with Gasteiger partial charge in [-0.3, -0.25) is 0 Å². The molecule has 0 radical (unpaired) electrons. The standard InChI is InChI=1S/C11H25N3/c1-3-4-9-14-10(2)11(13)7-5-6-8-12/h11,14H,2-9,12-13H2,1H3/t11-/m0/s1. The molecule has 3 nitrogen and oxygen atoms in total. The highest BCUT2D eigenvalue weighted by Crippen LogP contribution is 2.03. The van der Waals surface area contributed by atoms with E-state index in [-0.39, 0.29) is 6.04 Å². The smallest absolute Gasteiger partial charge is 0.0438 e. The van der Waals surface area contributed by atoms with E-state index in [0.717, 1.165) is 38.0 Å². The highest BCUT2D eigenvalue weighted by molar-refractivity contribution is 5.01. The highest BCUT2D eigenvalue weighted by atomic mass is 14.9. The van der Waals surface area contributed by atoms with Gasteiger partial charge in [-0.25, -0.2) is 0 Å². The second kappa shape index (κ2) is 9.03. The van der Waals surface area contributed by atoms with Crippen molar-refractivity contribution in [3.05, 3.63) is 12.3 Å². The van der Waals surface area contributed by atoms with Gasteiger partial charge >= 0.3 is 0 Å². The Balaban J connectivity index is 3.44. The fraction of sp³-hybridized carbons (Fsp3) is 0.818. The van der Waals surface area contributed by atoms with Crippen LogP contribution in [0.1, 0.15) is 39.0 Å². The summed E-state index contributed by atoms with van der Waals surface area (Å²) in [7, 11) is 0. The summed E-state index contributed by atoms with van der Waals surface area (Å²) in [6, 6.07) is 0.0819. The molecule has 0 aliphatic carbocycles. The quantitative estimate of drug-likeness (QED) is 0.491. The lowest BCUT2D eigenvalue weighted by atomic mass is 10.1. The van der Waals surface area contributed by atoms with Crippen molar-refractivity contribution < 1.29 is 0 Å². The van der Waals surface area contributed by atoms with E-state index in [1.54, 1.807) is 0 Å². The Kier molecular flexibility index (Phi) is 8.68. The molecule has 0 aromatic rings. The van der Waals surface area contributed by atoms with Crippen LogP contribution in [0.4, 0.5) is 0 Å². The van der Waals surface area contributed by atoms with E-state index in [0.29, 0.717) is 0 Å². The zero-order valence-electron chi connectivity index (χ0n) is 9.39. The van der Waals surface area contributed by atoms with Crippen molar-refractivity contribution in [2.24, 2.45) is 11.5 Å². The van der Waals surface area contributed by atoms with Crippen LogP contribution in [0.25, 0.3) is 0 Å². The Labute approximate surface area is 87.9 Å². The van der Waals surface area contributed by atoms with Gasteiger partial charge in [-0.15, -0.1) is 0 Å². The minimum absolute atomic E-state index is 0.0819. The second-order valence-electron chi connectivity index (χ2n) is 3.70. The van der Waals surface area contributed by atoms with E-state index in [1.165, 1.54) is 12.8 Å². The van der Waals surface area contributed by atoms with Gasteiger partial charge in [0, 0.05) is 18.3 Å². The minimum Gasteiger partial charge on any atom is -0.388 e. The van der Waals surface area contributed by atoms with Crippen LogP contribution in [0.2, 0.25) is 0 Å².